The van der Waals surface area contributed by atoms with Crippen molar-refractivity contribution < 1.29 is 9.32 Å². The Hall–Kier alpha value is -2.74. The number of carbonyl (C=O) groups excluding carboxylic acids is 1. The van der Waals surface area contributed by atoms with E-state index in [9.17, 15) is 4.79 Å². The number of thiazole rings is 1. The first-order valence-electron chi connectivity index (χ1n) is 9.01. The number of aryl methyl sites for hydroxylation is 2. The van der Waals surface area contributed by atoms with Crippen molar-refractivity contribution in [2.24, 2.45) is 0 Å². The largest absolute Gasteiger partial charge is 0.359 e. The second-order valence-corrected chi connectivity index (χ2v) is 7.76. The predicted molar refractivity (Wildman–Crippen MR) is 102 cm³/mol. The maximum Gasteiger partial charge on any atom is 0.317 e. The number of urea groups is 1. The zero-order valence-electron chi connectivity index (χ0n) is 15.1. The van der Waals surface area contributed by atoms with Gasteiger partial charge < -0.3 is 14.7 Å². The topological polar surface area (TPSA) is 84.2 Å². The Morgan fingerprint density at radius 3 is 3.15 bits per heavy atom. The average Bonchev–Trinajstić information content (AvgIpc) is 3.38. The minimum Gasteiger partial charge on any atom is -0.359 e. The molecular weight excluding hydrogens is 362 g/mol. The fraction of sp³-hybridized carbons (Fsp3) is 0.368. The van der Waals surface area contributed by atoms with Gasteiger partial charge in [-0.05, 0) is 31.4 Å². The van der Waals surface area contributed by atoms with Crippen LogP contribution >= 0.6 is 11.3 Å². The van der Waals surface area contributed by atoms with E-state index < -0.39 is 0 Å². The second-order valence-electron chi connectivity index (χ2n) is 6.59. The van der Waals surface area contributed by atoms with Gasteiger partial charge in [-0.25, -0.2) is 9.78 Å². The first kappa shape index (κ1) is 17.7. The molecule has 0 aromatic carbocycles. The highest BCUT2D eigenvalue weighted by Crippen LogP contribution is 2.27. The summed E-state index contributed by atoms with van der Waals surface area (Å²) in [6.07, 6.45) is 7.68. The van der Waals surface area contributed by atoms with Gasteiger partial charge in [-0.3, -0.25) is 4.98 Å². The normalized spacial score (nSPS) is 12.8. The van der Waals surface area contributed by atoms with Gasteiger partial charge in [-0.2, -0.15) is 0 Å². The summed E-state index contributed by atoms with van der Waals surface area (Å²) in [4.78, 5) is 24.0. The van der Waals surface area contributed by atoms with Crippen LogP contribution in [0, 0.1) is 0 Å². The van der Waals surface area contributed by atoms with E-state index in [1.807, 2.05) is 18.2 Å². The molecule has 3 heterocycles. The summed E-state index contributed by atoms with van der Waals surface area (Å²) >= 11 is 1.78. The third-order valence-corrected chi connectivity index (χ3v) is 5.73. The molecule has 0 aliphatic heterocycles. The molecule has 1 aliphatic carbocycles. The lowest BCUT2D eigenvalue weighted by molar-refractivity contribution is 0.201. The molecule has 1 aliphatic rings. The van der Waals surface area contributed by atoms with Crippen molar-refractivity contribution in [2.45, 2.75) is 32.2 Å². The zero-order valence-corrected chi connectivity index (χ0v) is 16.0. The Morgan fingerprint density at radius 2 is 2.33 bits per heavy atom. The highest BCUT2D eigenvalue weighted by molar-refractivity contribution is 7.11. The Balaban J connectivity index is 1.26. The Labute approximate surface area is 161 Å². The van der Waals surface area contributed by atoms with Crippen LogP contribution < -0.4 is 5.32 Å². The summed E-state index contributed by atoms with van der Waals surface area (Å²) in [5, 5.41) is 8.09. The van der Waals surface area contributed by atoms with E-state index in [0.717, 1.165) is 29.8 Å². The van der Waals surface area contributed by atoms with Crippen molar-refractivity contribution in [1.29, 1.82) is 0 Å². The van der Waals surface area contributed by atoms with Crippen molar-refractivity contribution in [1.82, 2.24) is 25.3 Å². The number of nitrogens with one attached hydrogen (secondary N) is 1. The van der Waals surface area contributed by atoms with Gasteiger partial charge in [0.2, 0.25) is 0 Å². The molecule has 4 rings (SSSR count). The third-order valence-electron chi connectivity index (χ3n) is 4.51. The molecule has 1 N–H and O–H groups in total. The molecule has 3 aromatic heterocycles. The minimum absolute atomic E-state index is 0.140. The number of amides is 2. The second kappa shape index (κ2) is 7.87. The van der Waals surface area contributed by atoms with Crippen LogP contribution in [0.5, 0.6) is 0 Å². The monoisotopic (exact) mass is 383 g/mol. The van der Waals surface area contributed by atoms with Gasteiger partial charge >= 0.3 is 6.03 Å². The maximum absolute atomic E-state index is 12.3. The molecule has 140 valence electrons. The van der Waals surface area contributed by atoms with Gasteiger partial charge in [0, 0.05) is 48.9 Å². The molecule has 7 nitrogen and oxygen atoms in total. The number of rotatable bonds is 6. The lowest BCUT2D eigenvalue weighted by Crippen LogP contribution is -2.37. The maximum atomic E-state index is 12.3. The fourth-order valence-corrected chi connectivity index (χ4v) is 4.26. The number of hydrogen-bond donors (Lipinski definition) is 1. The van der Waals surface area contributed by atoms with Crippen LogP contribution in [-0.4, -0.2) is 39.6 Å². The highest BCUT2D eigenvalue weighted by Gasteiger charge is 2.17. The van der Waals surface area contributed by atoms with Crippen molar-refractivity contribution in [2.75, 3.05) is 13.6 Å². The van der Waals surface area contributed by atoms with Crippen LogP contribution in [0.1, 0.15) is 27.8 Å². The first-order chi connectivity index (χ1) is 13.2. The molecule has 0 spiro atoms. The van der Waals surface area contributed by atoms with Gasteiger partial charge in [0.05, 0.1) is 17.2 Å². The lowest BCUT2D eigenvalue weighted by Gasteiger charge is -2.15. The van der Waals surface area contributed by atoms with E-state index in [-0.39, 0.29) is 6.03 Å². The van der Waals surface area contributed by atoms with Crippen LogP contribution in [0.3, 0.4) is 0 Å². The minimum atomic E-state index is -0.140. The molecule has 8 heteroatoms. The smallest absolute Gasteiger partial charge is 0.317 e. The van der Waals surface area contributed by atoms with Crippen LogP contribution in [0.25, 0.3) is 11.3 Å². The number of hydrogen-bond acceptors (Lipinski definition) is 6. The molecule has 0 saturated carbocycles. The average molecular weight is 383 g/mol. The summed E-state index contributed by atoms with van der Waals surface area (Å²) in [6, 6.07) is 5.45. The van der Waals surface area contributed by atoms with Gasteiger partial charge in [-0.15, -0.1) is 11.3 Å². The summed E-state index contributed by atoms with van der Waals surface area (Å²) in [6.45, 7) is 0.928. The van der Waals surface area contributed by atoms with E-state index >= 15 is 0 Å². The van der Waals surface area contributed by atoms with Crippen LogP contribution in [0.2, 0.25) is 0 Å². The quantitative estimate of drug-likeness (QED) is 0.707. The van der Waals surface area contributed by atoms with Gasteiger partial charge in [-0.1, -0.05) is 5.16 Å². The van der Waals surface area contributed by atoms with Crippen molar-refractivity contribution in [3.63, 3.8) is 0 Å². The summed E-state index contributed by atoms with van der Waals surface area (Å²) in [5.41, 5.74) is 2.85. The number of fused-ring (bicyclic) bond motifs is 1. The molecule has 27 heavy (non-hydrogen) atoms. The molecule has 0 radical (unpaired) electrons. The highest BCUT2D eigenvalue weighted by atomic mass is 32.1. The summed E-state index contributed by atoms with van der Waals surface area (Å²) in [7, 11) is 1.74. The standard InChI is InChI=1S/C19H21N5O2S/c1-24(12-14-10-16(23-26-14)13-4-3-8-20-11-13)19(25)21-9-7-18-22-15-5-2-6-17(15)27-18/h3-4,8,10-11H,2,5-7,9,12H2,1H3,(H,21,25). The van der Waals surface area contributed by atoms with Crippen LogP contribution in [0.4, 0.5) is 4.79 Å². The molecule has 2 amide bonds. The number of nitrogens with zero attached hydrogens (tertiary/aromatic N) is 4. The van der Waals surface area contributed by atoms with E-state index in [2.05, 4.69) is 20.4 Å². The van der Waals surface area contributed by atoms with E-state index in [1.165, 1.54) is 17.0 Å². The number of carbonyl (C=O) groups is 1. The zero-order chi connectivity index (χ0) is 18.6. The Morgan fingerprint density at radius 1 is 1.41 bits per heavy atom. The predicted octanol–water partition coefficient (Wildman–Crippen LogP) is 3.07. The number of pyridine rings is 1. The molecule has 0 unspecified atom stereocenters. The van der Waals surface area contributed by atoms with Gasteiger partial charge in [0.1, 0.15) is 5.69 Å². The van der Waals surface area contributed by atoms with E-state index in [0.29, 0.717) is 24.5 Å². The van der Waals surface area contributed by atoms with Crippen molar-refractivity contribution >= 4 is 17.4 Å². The Bertz CT molecular complexity index is 900. The van der Waals surface area contributed by atoms with Crippen LogP contribution in [0.15, 0.2) is 35.1 Å². The Kier molecular flexibility index (Phi) is 5.15. The molecule has 0 saturated heterocycles. The first-order valence-corrected chi connectivity index (χ1v) is 9.83. The van der Waals surface area contributed by atoms with Crippen molar-refractivity contribution in [3.8, 4) is 11.3 Å². The lowest BCUT2D eigenvalue weighted by atomic mass is 10.2. The molecular formula is C19H21N5O2S. The third kappa shape index (κ3) is 4.16. The van der Waals surface area contributed by atoms with E-state index in [4.69, 9.17) is 4.52 Å². The SMILES string of the molecule is CN(Cc1cc(-c2cccnc2)no1)C(=O)NCCc1nc2c(s1)CCC2. The molecule has 3 aromatic rings. The number of aromatic nitrogens is 3. The molecule has 0 fully saturated rings. The summed E-state index contributed by atoms with van der Waals surface area (Å²) < 4.78 is 5.34. The van der Waals surface area contributed by atoms with E-state index in [1.54, 1.807) is 35.7 Å². The summed E-state index contributed by atoms with van der Waals surface area (Å²) in [5.74, 6) is 0.628. The fourth-order valence-electron chi connectivity index (χ4n) is 3.11. The van der Waals surface area contributed by atoms with Crippen LogP contribution in [-0.2, 0) is 25.8 Å². The molecule has 0 bridgehead atoms. The van der Waals surface area contributed by atoms with Gasteiger partial charge in [0.15, 0.2) is 5.76 Å². The van der Waals surface area contributed by atoms with Gasteiger partial charge in [0.25, 0.3) is 0 Å². The molecule has 0 atom stereocenters. The van der Waals surface area contributed by atoms with Crippen molar-refractivity contribution in [3.05, 3.63) is 51.9 Å².